The van der Waals surface area contributed by atoms with E-state index in [0.29, 0.717) is 12.3 Å². The smallest absolute Gasteiger partial charge is 0.260 e. The fourth-order valence-electron chi connectivity index (χ4n) is 1.50. The summed E-state index contributed by atoms with van der Waals surface area (Å²) >= 11 is 0. The van der Waals surface area contributed by atoms with Crippen molar-refractivity contribution in [3.63, 3.8) is 0 Å². The van der Waals surface area contributed by atoms with E-state index in [1.165, 1.54) is 17.2 Å². The second-order valence-electron chi connectivity index (χ2n) is 3.65. The Hall–Kier alpha value is -2.30. The zero-order valence-electron chi connectivity index (χ0n) is 9.34. The van der Waals surface area contributed by atoms with Crippen LogP contribution in [0.1, 0.15) is 16.1 Å². The number of nitrogens with one attached hydrogen (secondary N) is 1. The largest absolute Gasteiger partial charge is 0.467 e. The number of hydrogen-bond donors (Lipinski definition) is 1. The Morgan fingerprint density at radius 2 is 2.24 bits per heavy atom. The highest BCUT2D eigenvalue weighted by molar-refractivity contribution is 5.93. The molecule has 0 aliphatic rings. The maximum Gasteiger partial charge on any atom is 0.260 e. The molecule has 0 unspecified atom stereocenters. The predicted octanol–water partition coefficient (Wildman–Crippen LogP) is 1.24. The average molecular weight is 232 g/mol. The first-order valence-electron chi connectivity index (χ1n) is 5.14. The minimum atomic E-state index is -0.385. The summed E-state index contributed by atoms with van der Waals surface area (Å²) in [5.41, 5.74) is -0.259. The van der Waals surface area contributed by atoms with Crippen molar-refractivity contribution in [3.8, 4) is 0 Å². The van der Waals surface area contributed by atoms with Crippen LogP contribution in [0.2, 0.25) is 0 Å². The van der Waals surface area contributed by atoms with Crippen molar-refractivity contribution in [2.45, 2.75) is 6.54 Å². The highest BCUT2D eigenvalue weighted by Gasteiger charge is 2.15. The van der Waals surface area contributed by atoms with Crippen LogP contribution < -0.4 is 5.56 Å². The first-order chi connectivity index (χ1) is 8.18. The topological polar surface area (TPSA) is 66.3 Å². The summed E-state index contributed by atoms with van der Waals surface area (Å²) in [5.74, 6) is 0.344. The third kappa shape index (κ3) is 2.44. The minimum absolute atomic E-state index is 0.126. The first kappa shape index (κ1) is 11.2. The van der Waals surface area contributed by atoms with Gasteiger partial charge in [-0.1, -0.05) is 0 Å². The van der Waals surface area contributed by atoms with Gasteiger partial charge in [-0.15, -0.1) is 0 Å². The van der Waals surface area contributed by atoms with Gasteiger partial charge in [0.15, 0.2) is 0 Å². The monoisotopic (exact) mass is 232 g/mol. The number of hydrogen-bond acceptors (Lipinski definition) is 3. The lowest BCUT2D eigenvalue weighted by Gasteiger charge is -2.14. The highest BCUT2D eigenvalue weighted by atomic mass is 16.3. The van der Waals surface area contributed by atoms with Crippen LogP contribution in [0, 0.1) is 0 Å². The molecular formula is C12H12N2O3. The van der Waals surface area contributed by atoms with Gasteiger partial charge in [0, 0.05) is 13.2 Å². The van der Waals surface area contributed by atoms with Crippen molar-refractivity contribution >= 4 is 5.91 Å². The second kappa shape index (κ2) is 4.69. The highest BCUT2D eigenvalue weighted by Crippen LogP contribution is 2.06. The third-order valence-corrected chi connectivity index (χ3v) is 2.37. The van der Waals surface area contributed by atoms with Gasteiger partial charge in [0.1, 0.15) is 11.3 Å². The molecule has 17 heavy (non-hydrogen) atoms. The van der Waals surface area contributed by atoms with Gasteiger partial charge in [-0.3, -0.25) is 9.59 Å². The van der Waals surface area contributed by atoms with E-state index in [1.807, 2.05) is 0 Å². The number of pyridine rings is 1. The van der Waals surface area contributed by atoms with Crippen molar-refractivity contribution in [3.05, 3.63) is 58.4 Å². The molecule has 2 heterocycles. The quantitative estimate of drug-likeness (QED) is 0.865. The van der Waals surface area contributed by atoms with Crippen LogP contribution in [0.15, 0.2) is 45.9 Å². The van der Waals surface area contributed by atoms with Gasteiger partial charge in [0.2, 0.25) is 0 Å². The lowest BCUT2D eigenvalue weighted by Crippen LogP contribution is -2.30. The van der Waals surface area contributed by atoms with Crippen LogP contribution in [-0.4, -0.2) is 22.8 Å². The minimum Gasteiger partial charge on any atom is -0.467 e. The summed E-state index contributed by atoms with van der Waals surface area (Å²) in [5, 5.41) is 0. The van der Waals surface area contributed by atoms with Crippen LogP contribution in [-0.2, 0) is 6.54 Å². The van der Waals surface area contributed by atoms with E-state index in [2.05, 4.69) is 4.98 Å². The molecule has 1 amide bonds. The molecular weight excluding hydrogens is 220 g/mol. The molecule has 0 radical (unpaired) electrons. The molecule has 0 atom stereocenters. The summed E-state index contributed by atoms with van der Waals surface area (Å²) in [4.78, 5) is 27.3. The molecule has 5 heteroatoms. The Bertz CT molecular complexity index is 557. The number of amides is 1. The first-order valence-corrected chi connectivity index (χ1v) is 5.14. The number of carbonyl (C=O) groups excluding carboxylic acids is 1. The standard InChI is InChI=1S/C12H12N2O3/c1-14(8-9-4-3-7-17-9)12(16)10-5-2-6-13-11(10)15/h2-7H,8H2,1H3,(H,13,15). The molecule has 0 spiro atoms. The Morgan fingerprint density at radius 1 is 1.41 bits per heavy atom. The second-order valence-corrected chi connectivity index (χ2v) is 3.65. The predicted molar refractivity (Wildman–Crippen MR) is 61.6 cm³/mol. The molecule has 0 aromatic carbocycles. The number of rotatable bonds is 3. The Balaban J connectivity index is 2.15. The molecule has 0 fully saturated rings. The number of nitrogens with zero attached hydrogens (tertiary/aromatic N) is 1. The van der Waals surface area contributed by atoms with E-state index >= 15 is 0 Å². The number of aromatic amines is 1. The molecule has 88 valence electrons. The van der Waals surface area contributed by atoms with Gasteiger partial charge in [0.25, 0.3) is 11.5 Å². The van der Waals surface area contributed by atoms with Crippen molar-refractivity contribution < 1.29 is 9.21 Å². The van der Waals surface area contributed by atoms with Crippen molar-refractivity contribution in [1.82, 2.24) is 9.88 Å². The maximum atomic E-state index is 12.0. The number of carbonyl (C=O) groups is 1. The molecule has 2 rings (SSSR count). The Morgan fingerprint density at radius 3 is 2.88 bits per heavy atom. The van der Waals surface area contributed by atoms with Gasteiger partial charge in [-0.05, 0) is 24.3 Å². The zero-order chi connectivity index (χ0) is 12.3. The molecule has 0 saturated carbocycles. The van der Waals surface area contributed by atoms with Crippen molar-refractivity contribution in [2.75, 3.05) is 7.05 Å². The van der Waals surface area contributed by atoms with Crippen LogP contribution in [0.5, 0.6) is 0 Å². The maximum absolute atomic E-state index is 12.0. The van der Waals surface area contributed by atoms with Crippen LogP contribution in [0.25, 0.3) is 0 Å². The van der Waals surface area contributed by atoms with E-state index in [-0.39, 0.29) is 17.0 Å². The summed E-state index contributed by atoms with van der Waals surface area (Å²) in [7, 11) is 1.62. The van der Waals surface area contributed by atoms with Crippen molar-refractivity contribution in [2.24, 2.45) is 0 Å². The van der Waals surface area contributed by atoms with Crippen molar-refractivity contribution in [1.29, 1.82) is 0 Å². The number of aromatic nitrogens is 1. The lowest BCUT2D eigenvalue weighted by molar-refractivity contribution is 0.0773. The van der Waals surface area contributed by atoms with Gasteiger partial charge in [0.05, 0.1) is 12.8 Å². The molecule has 0 aliphatic heterocycles. The van der Waals surface area contributed by atoms with Gasteiger partial charge in [-0.2, -0.15) is 0 Å². The normalized spacial score (nSPS) is 10.2. The third-order valence-electron chi connectivity index (χ3n) is 2.37. The fourth-order valence-corrected chi connectivity index (χ4v) is 1.50. The van der Waals surface area contributed by atoms with Gasteiger partial charge in [-0.25, -0.2) is 0 Å². The van der Waals surface area contributed by atoms with E-state index in [4.69, 9.17) is 4.42 Å². The molecule has 1 N–H and O–H groups in total. The SMILES string of the molecule is CN(Cc1ccco1)C(=O)c1ccc[nH]c1=O. The van der Waals surface area contributed by atoms with E-state index in [9.17, 15) is 9.59 Å². The van der Waals surface area contributed by atoms with Crippen LogP contribution in [0.4, 0.5) is 0 Å². The molecule has 2 aromatic rings. The molecule has 2 aromatic heterocycles. The average Bonchev–Trinajstić information content (AvgIpc) is 2.81. The summed E-state index contributed by atoms with van der Waals surface area (Å²) in [6.45, 7) is 0.333. The Kier molecular flexibility index (Phi) is 3.09. The van der Waals surface area contributed by atoms with Gasteiger partial charge < -0.3 is 14.3 Å². The van der Waals surface area contributed by atoms with Crippen LogP contribution in [0.3, 0.4) is 0 Å². The molecule has 5 nitrogen and oxygen atoms in total. The summed E-state index contributed by atoms with van der Waals surface area (Å²) < 4.78 is 5.14. The molecule has 0 saturated heterocycles. The molecule has 0 aliphatic carbocycles. The van der Waals surface area contributed by atoms with E-state index in [0.717, 1.165) is 0 Å². The fraction of sp³-hybridized carbons (Fsp3) is 0.167. The number of H-pyrrole nitrogens is 1. The number of furan rings is 1. The zero-order valence-corrected chi connectivity index (χ0v) is 9.34. The summed E-state index contributed by atoms with van der Waals surface area (Å²) in [6.07, 6.45) is 3.04. The lowest BCUT2D eigenvalue weighted by atomic mass is 10.2. The van der Waals surface area contributed by atoms with Crippen LogP contribution >= 0.6 is 0 Å². The van der Waals surface area contributed by atoms with E-state index < -0.39 is 0 Å². The molecule has 0 bridgehead atoms. The van der Waals surface area contributed by atoms with E-state index in [1.54, 1.807) is 31.5 Å². The Labute approximate surface area is 97.7 Å². The summed E-state index contributed by atoms with van der Waals surface area (Å²) in [6, 6.07) is 6.65. The van der Waals surface area contributed by atoms with Gasteiger partial charge >= 0.3 is 0 Å².